The lowest BCUT2D eigenvalue weighted by Crippen LogP contribution is -2.59. The molecule has 5 heteroatoms. The van der Waals surface area contributed by atoms with Crippen molar-refractivity contribution in [2.24, 2.45) is 0 Å². The minimum absolute atomic E-state index is 0.000644. The van der Waals surface area contributed by atoms with Crippen LogP contribution >= 0.6 is 0 Å². The van der Waals surface area contributed by atoms with E-state index < -0.39 is 0 Å². The van der Waals surface area contributed by atoms with E-state index in [1.165, 1.54) is 19.3 Å². The number of nitrogens with one attached hydrogen (secondary N) is 1. The summed E-state index contributed by atoms with van der Waals surface area (Å²) in [7, 11) is 0. The lowest BCUT2D eigenvalue weighted by Gasteiger charge is -2.48. The summed E-state index contributed by atoms with van der Waals surface area (Å²) >= 11 is 0. The SMILES string of the molecule is CC(C)Oc1ccc(C(=O)NCC2(N3CCOCC3)CCCCC2)cc1. The van der Waals surface area contributed by atoms with Crippen LogP contribution in [0.4, 0.5) is 0 Å². The van der Waals surface area contributed by atoms with Crippen molar-refractivity contribution in [3.05, 3.63) is 29.8 Å². The third-order valence-electron chi connectivity index (χ3n) is 5.53. The molecule has 1 aliphatic heterocycles. The first kappa shape index (κ1) is 19.2. The molecule has 144 valence electrons. The Morgan fingerprint density at radius 3 is 2.42 bits per heavy atom. The lowest BCUT2D eigenvalue weighted by atomic mass is 9.79. The van der Waals surface area contributed by atoms with Crippen molar-refractivity contribution in [2.75, 3.05) is 32.8 Å². The molecule has 0 unspecified atom stereocenters. The minimum atomic E-state index is -0.000644. The molecule has 3 rings (SSSR count). The second-order valence-electron chi connectivity index (χ2n) is 7.76. The van der Waals surface area contributed by atoms with Crippen molar-refractivity contribution < 1.29 is 14.3 Å². The second kappa shape index (κ2) is 8.87. The predicted molar refractivity (Wildman–Crippen MR) is 103 cm³/mol. The number of carbonyl (C=O) groups excluding carboxylic acids is 1. The smallest absolute Gasteiger partial charge is 0.251 e. The molecule has 26 heavy (non-hydrogen) atoms. The highest BCUT2D eigenvalue weighted by Crippen LogP contribution is 2.34. The topological polar surface area (TPSA) is 50.8 Å². The Bertz CT molecular complexity index is 573. The highest BCUT2D eigenvalue weighted by atomic mass is 16.5. The maximum Gasteiger partial charge on any atom is 0.251 e. The van der Waals surface area contributed by atoms with Gasteiger partial charge in [0.15, 0.2) is 0 Å². The molecule has 1 amide bonds. The van der Waals surface area contributed by atoms with Gasteiger partial charge in [-0.25, -0.2) is 0 Å². The van der Waals surface area contributed by atoms with E-state index >= 15 is 0 Å². The number of ether oxygens (including phenoxy) is 2. The zero-order valence-corrected chi connectivity index (χ0v) is 16.1. The van der Waals surface area contributed by atoms with Crippen LogP contribution in [0.1, 0.15) is 56.3 Å². The molecule has 1 aliphatic carbocycles. The van der Waals surface area contributed by atoms with Crippen LogP contribution in [-0.2, 0) is 4.74 Å². The van der Waals surface area contributed by atoms with E-state index in [9.17, 15) is 4.79 Å². The summed E-state index contributed by atoms with van der Waals surface area (Å²) in [6.45, 7) is 8.25. The van der Waals surface area contributed by atoms with Crippen LogP contribution in [0.5, 0.6) is 5.75 Å². The summed E-state index contributed by atoms with van der Waals surface area (Å²) in [6.07, 6.45) is 6.25. The number of hydrogen-bond donors (Lipinski definition) is 1. The Morgan fingerprint density at radius 1 is 1.15 bits per heavy atom. The van der Waals surface area contributed by atoms with Crippen molar-refractivity contribution in [1.82, 2.24) is 10.2 Å². The standard InChI is InChI=1S/C21H32N2O3/c1-17(2)26-19-8-6-18(7-9-19)20(24)22-16-21(10-4-3-5-11-21)23-12-14-25-15-13-23/h6-9,17H,3-5,10-16H2,1-2H3,(H,22,24). The average Bonchev–Trinajstić information content (AvgIpc) is 2.68. The van der Waals surface area contributed by atoms with Crippen LogP contribution in [0.3, 0.4) is 0 Å². The second-order valence-corrected chi connectivity index (χ2v) is 7.76. The maximum atomic E-state index is 12.7. The van der Waals surface area contributed by atoms with E-state index in [4.69, 9.17) is 9.47 Å². The van der Waals surface area contributed by atoms with E-state index in [2.05, 4.69) is 10.2 Å². The summed E-state index contributed by atoms with van der Waals surface area (Å²) in [5, 5.41) is 3.20. The minimum Gasteiger partial charge on any atom is -0.491 e. The summed E-state index contributed by atoms with van der Waals surface area (Å²) in [6, 6.07) is 7.42. The molecule has 2 aliphatic rings. The summed E-state index contributed by atoms with van der Waals surface area (Å²) in [5.41, 5.74) is 0.785. The molecule has 1 heterocycles. The fourth-order valence-electron chi connectivity index (χ4n) is 4.16. The van der Waals surface area contributed by atoms with Crippen molar-refractivity contribution in [2.45, 2.75) is 57.6 Å². The number of hydrogen-bond acceptors (Lipinski definition) is 4. The van der Waals surface area contributed by atoms with Crippen LogP contribution < -0.4 is 10.1 Å². The van der Waals surface area contributed by atoms with Gasteiger partial charge >= 0.3 is 0 Å². The van der Waals surface area contributed by atoms with Crippen LogP contribution in [0.2, 0.25) is 0 Å². The third-order valence-corrected chi connectivity index (χ3v) is 5.53. The van der Waals surface area contributed by atoms with Gasteiger partial charge in [0, 0.05) is 30.7 Å². The van der Waals surface area contributed by atoms with Crippen molar-refractivity contribution >= 4 is 5.91 Å². The molecule has 1 saturated carbocycles. The monoisotopic (exact) mass is 360 g/mol. The van der Waals surface area contributed by atoms with Crippen LogP contribution in [0, 0.1) is 0 Å². The van der Waals surface area contributed by atoms with E-state index in [0.29, 0.717) is 5.56 Å². The maximum absolute atomic E-state index is 12.7. The van der Waals surface area contributed by atoms with E-state index in [-0.39, 0.29) is 17.6 Å². The number of carbonyl (C=O) groups is 1. The first-order chi connectivity index (χ1) is 12.6. The quantitative estimate of drug-likeness (QED) is 0.846. The van der Waals surface area contributed by atoms with Gasteiger partial charge in [-0.1, -0.05) is 19.3 Å². The average molecular weight is 360 g/mol. The molecule has 1 aromatic rings. The molecule has 0 atom stereocenters. The van der Waals surface area contributed by atoms with Gasteiger partial charge in [-0.3, -0.25) is 9.69 Å². The lowest BCUT2D eigenvalue weighted by molar-refractivity contribution is -0.0361. The fourth-order valence-corrected chi connectivity index (χ4v) is 4.16. The Balaban J connectivity index is 1.61. The Kier molecular flexibility index (Phi) is 6.54. The largest absolute Gasteiger partial charge is 0.491 e. The number of rotatable bonds is 6. The van der Waals surface area contributed by atoms with Crippen LogP contribution in [0.25, 0.3) is 0 Å². The van der Waals surface area contributed by atoms with Gasteiger partial charge in [0.1, 0.15) is 5.75 Å². The highest BCUT2D eigenvalue weighted by Gasteiger charge is 2.38. The highest BCUT2D eigenvalue weighted by molar-refractivity contribution is 5.94. The molecule has 0 bridgehead atoms. The number of benzene rings is 1. The molecular weight excluding hydrogens is 328 g/mol. The van der Waals surface area contributed by atoms with Gasteiger partial charge in [0.05, 0.1) is 19.3 Å². The van der Waals surface area contributed by atoms with Crippen molar-refractivity contribution in [1.29, 1.82) is 0 Å². The number of nitrogens with zero attached hydrogens (tertiary/aromatic N) is 1. The van der Waals surface area contributed by atoms with E-state index in [1.807, 2.05) is 38.1 Å². The number of morpholine rings is 1. The van der Waals surface area contributed by atoms with Crippen molar-refractivity contribution in [3.8, 4) is 5.75 Å². The summed E-state index contributed by atoms with van der Waals surface area (Å²) < 4.78 is 11.2. The molecule has 0 spiro atoms. The summed E-state index contributed by atoms with van der Waals surface area (Å²) in [5.74, 6) is 0.799. The van der Waals surface area contributed by atoms with Gasteiger partial charge in [0.2, 0.25) is 0 Å². The molecule has 2 fully saturated rings. The van der Waals surface area contributed by atoms with Crippen LogP contribution in [0.15, 0.2) is 24.3 Å². The Morgan fingerprint density at radius 2 is 1.81 bits per heavy atom. The van der Waals surface area contributed by atoms with Gasteiger partial charge in [-0.2, -0.15) is 0 Å². The van der Waals surface area contributed by atoms with E-state index in [1.54, 1.807) is 0 Å². The predicted octanol–water partition coefficient (Wildman–Crippen LogP) is 3.24. The molecule has 1 N–H and O–H groups in total. The van der Waals surface area contributed by atoms with Gasteiger partial charge in [-0.15, -0.1) is 0 Å². The third kappa shape index (κ3) is 4.77. The number of amides is 1. The Labute approximate surface area is 157 Å². The van der Waals surface area contributed by atoms with Crippen LogP contribution in [-0.4, -0.2) is 55.3 Å². The molecule has 1 aromatic carbocycles. The fraction of sp³-hybridized carbons (Fsp3) is 0.667. The summed E-state index contributed by atoms with van der Waals surface area (Å²) in [4.78, 5) is 15.2. The van der Waals surface area contributed by atoms with Gasteiger partial charge < -0.3 is 14.8 Å². The van der Waals surface area contributed by atoms with E-state index in [0.717, 1.165) is 51.4 Å². The zero-order valence-electron chi connectivity index (χ0n) is 16.1. The molecular formula is C21H32N2O3. The first-order valence-corrected chi connectivity index (χ1v) is 9.97. The molecule has 0 radical (unpaired) electrons. The Hall–Kier alpha value is -1.59. The van der Waals surface area contributed by atoms with Gasteiger partial charge in [0.25, 0.3) is 5.91 Å². The van der Waals surface area contributed by atoms with Crippen molar-refractivity contribution in [3.63, 3.8) is 0 Å². The first-order valence-electron chi connectivity index (χ1n) is 9.97. The molecule has 0 aromatic heterocycles. The normalized spacial score (nSPS) is 20.7. The zero-order chi connectivity index (χ0) is 18.4. The molecule has 1 saturated heterocycles. The van der Waals surface area contributed by atoms with Gasteiger partial charge in [-0.05, 0) is 51.0 Å². The molecule has 5 nitrogen and oxygen atoms in total.